The van der Waals surface area contributed by atoms with Crippen molar-refractivity contribution in [1.29, 1.82) is 0 Å². The molecule has 1 rings (SSSR count). The zero-order valence-corrected chi connectivity index (χ0v) is 7.32. The second-order valence-corrected chi connectivity index (χ2v) is 3.27. The Bertz CT molecular complexity index is 226. The van der Waals surface area contributed by atoms with E-state index in [2.05, 4.69) is 6.08 Å². The number of rotatable bonds is 2. The maximum atomic E-state index is 10.7. The van der Waals surface area contributed by atoms with Crippen LogP contribution in [0.25, 0.3) is 0 Å². The summed E-state index contributed by atoms with van der Waals surface area (Å²) < 4.78 is 0. The molecule has 0 aromatic rings. The smallest absolute Gasteiger partial charge is 0.134 e. The summed E-state index contributed by atoms with van der Waals surface area (Å²) in [5.74, 6) is 0.193. The van der Waals surface area contributed by atoms with Crippen LogP contribution in [0.2, 0.25) is 0 Å². The van der Waals surface area contributed by atoms with Gasteiger partial charge < -0.3 is 0 Å². The van der Waals surface area contributed by atoms with Gasteiger partial charge in [-0.1, -0.05) is 17.7 Å². The SMILES string of the molecule is CC(=O)CC1=CCCC(Cl)=C1. The van der Waals surface area contributed by atoms with E-state index in [0.29, 0.717) is 6.42 Å². The Morgan fingerprint density at radius 2 is 2.45 bits per heavy atom. The molecular formula is C9H11ClO. The molecule has 0 aromatic carbocycles. The number of Topliss-reactive ketones (excluding diaryl/α,β-unsaturated/α-hetero) is 1. The van der Waals surface area contributed by atoms with Gasteiger partial charge in [-0.25, -0.2) is 0 Å². The summed E-state index contributed by atoms with van der Waals surface area (Å²) in [6, 6.07) is 0. The van der Waals surface area contributed by atoms with Gasteiger partial charge in [0, 0.05) is 11.5 Å². The van der Waals surface area contributed by atoms with E-state index in [9.17, 15) is 4.79 Å². The first-order valence-electron chi connectivity index (χ1n) is 3.73. The Morgan fingerprint density at radius 3 is 3.00 bits per heavy atom. The molecule has 2 heteroatoms. The summed E-state index contributed by atoms with van der Waals surface area (Å²) in [4.78, 5) is 10.7. The number of hydrogen-bond acceptors (Lipinski definition) is 1. The van der Waals surface area contributed by atoms with Crippen molar-refractivity contribution in [2.75, 3.05) is 0 Å². The van der Waals surface area contributed by atoms with Crippen molar-refractivity contribution < 1.29 is 4.79 Å². The van der Waals surface area contributed by atoms with Crippen molar-refractivity contribution in [1.82, 2.24) is 0 Å². The summed E-state index contributed by atoms with van der Waals surface area (Å²) in [7, 11) is 0. The van der Waals surface area contributed by atoms with Crippen LogP contribution in [0.5, 0.6) is 0 Å². The third kappa shape index (κ3) is 2.89. The summed E-state index contributed by atoms with van der Waals surface area (Å²) >= 11 is 5.80. The third-order valence-electron chi connectivity index (χ3n) is 1.58. The molecule has 1 aliphatic carbocycles. The fourth-order valence-corrected chi connectivity index (χ4v) is 1.39. The molecule has 1 aliphatic rings. The van der Waals surface area contributed by atoms with Crippen LogP contribution in [-0.2, 0) is 4.79 Å². The third-order valence-corrected chi connectivity index (χ3v) is 1.88. The fraction of sp³-hybridized carbons (Fsp3) is 0.444. The molecule has 0 saturated carbocycles. The van der Waals surface area contributed by atoms with Crippen LogP contribution in [0, 0.1) is 0 Å². The second-order valence-electron chi connectivity index (χ2n) is 2.79. The molecule has 0 heterocycles. The standard InChI is InChI=1S/C9H11ClO/c1-7(11)5-8-3-2-4-9(10)6-8/h3,6H,2,4-5H2,1H3. The zero-order valence-electron chi connectivity index (χ0n) is 6.56. The number of halogens is 1. The molecule has 0 radical (unpaired) electrons. The Hall–Kier alpha value is -0.560. The molecule has 1 nitrogen and oxygen atoms in total. The van der Waals surface area contributed by atoms with Crippen molar-refractivity contribution in [2.24, 2.45) is 0 Å². The molecule has 0 aromatic heterocycles. The molecule has 60 valence electrons. The van der Waals surface area contributed by atoms with E-state index in [1.54, 1.807) is 6.92 Å². The number of carbonyl (C=O) groups excluding carboxylic acids is 1. The normalized spacial score (nSPS) is 17.3. The van der Waals surface area contributed by atoms with Gasteiger partial charge in [-0.15, -0.1) is 0 Å². The van der Waals surface area contributed by atoms with Gasteiger partial charge in [0.05, 0.1) is 0 Å². The van der Waals surface area contributed by atoms with E-state index in [1.807, 2.05) is 6.08 Å². The van der Waals surface area contributed by atoms with Crippen molar-refractivity contribution in [3.05, 3.63) is 22.8 Å². The predicted octanol–water partition coefficient (Wildman–Crippen LogP) is 2.81. The Kier molecular flexibility index (Phi) is 2.89. The minimum Gasteiger partial charge on any atom is -0.300 e. The van der Waals surface area contributed by atoms with E-state index in [0.717, 1.165) is 23.4 Å². The van der Waals surface area contributed by atoms with Crippen molar-refractivity contribution in [3.8, 4) is 0 Å². The molecular weight excluding hydrogens is 160 g/mol. The van der Waals surface area contributed by atoms with Gasteiger partial charge in [0.1, 0.15) is 5.78 Å². The van der Waals surface area contributed by atoms with Crippen LogP contribution in [0.4, 0.5) is 0 Å². The lowest BCUT2D eigenvalue weighted by atomic mass is 10.0. The lowest BCUT2D eigenvalue weighted by Crippen LogP contribution is -1.95. The van der Waals surface area contributed by atoms with Crippen molar-refractivity contribution in [3.63, 3.8) is 0 Å². The molecule has 0 amide bonds. The number of allylic oxidation sites excluding steroid dienone is 4. The summed E-state index contributed by atoms with van der Waals surface area (Å²) in [5.41, 5.74) is 1.06. The fourth-order valence-electron chi connectivity index (χ4n) is 1.14. The average Bonchev–Trinajstić information content (AvgIpc) is 1.85. The largest absolute Gasteiger partial charge is 0.300 e. The van der Waals surface area contributed by atoms with Gasteiger partial charge in [0.15, 0.2) is 0 Å². The Morgan fingerprint density at radius 1 is 1.73 bits per heavy atom. The van der Waals surface area contributed by atoms with Gasteiger partial charge >= 0.3 is 0 Å². The molecule has 0 fully saturated rings. The molecule has 11 heavy (non-hydrogen) atoms. The zero-order chi connectivity index (χ0) is 8.27. The van der Waals surface area contributed by atoms with Crippen LogP contribution < -0.4 is 0 Å². The molecule has 0 spiro atoms. The maximum Gasteiger partial charge on any atom is 0.134 e. The highest BCUT2D eigenvalue weighted by Gasteiger charge is 2.04. The van der Waals surface area contributed by atoms with Crippen LogP contribution in [0.1, 0.15) is 26.2 Å². The van der Waals surface area contributed by atoms with Crippen LogP contribution in [0.15, 0.2) is 22.8 Å². The Labute approximate surface area is 71.7 Å². The van der Waals surface area contributed by atoms with Crippen LogP contribution >= 0.6 is 11.6 Å². The number of carbonyl (C=O) groups is 1. The van der Waals surface area contributed by atoms with E-state index in [4.69, 9.17) is 11.6 Å². The molecule has 0 aliphatic heterocycles. The van der Waals surface area contributed by atoms with Gasteiger partial charge in [-0.05, 0) is 31.4 Å². The van der Waals surface area contributed by atoms with Crippen molar-refractivity contribution >= 4 is 17.4 Å². The topological polar surface area (TPSA) is 17.1 Å². The van der Waals surface area contributed by atoms with Crippen molar-refractivity contribution in [2.45, 2.75) is 26.2 Å². The average molecular weight is 171 g/mol. The molecule has 0 bridgehead atoms. The van der Waals surface area contributed by atoms with E-state index < -0.39 is 0 Å². The van der Waals surface area contributed by atoms with Gasteiger partial charge in [0.25, 0.3) is 0 Å². The minimum atomic E-state index is 0.193. The second kappa shape index (κ2) is 3.72. The van der Waals surface area contributed by atoms with Gasteiger partial charge in [-0.2, -0.15) is 0 Å². The van der Waals surface area contributed by atoms with E-state index >= 15 is 0 Å². The monoisotopic (exact) mass is 170 g/mol. The number of ketones is 1. The molecule has 0 N–H and O–H groups in total. The lowest BCUT2D eigenvalue weighted by Gasteiger charge is -2.06. The van der Waals surface area contributed by atoms with Gasteiger partial charge in [-0.3, -0.25) is 4.79 Å². The molecule has 0 atom stereocenters. The molecule has 0 unspecified atom stereocenters. The lowest BCUT2D eigenvalue weighted by molar-refractivity contribution is -0.116. The highest BCUT2D eigenvalue weighted by molar-refractivity contribution is 6.29. The first-order chi connectivity index (χ1) is 5.18. The first kappa shape index (κ1) is 8.54. The summed E-state index contributed by atoms with van der Waals surface area (Å²) in [5, 5.41) is 0.865. The maximum absolute atomic E-state index is 10.7. The van der Waals surface area contributed by atoms with Crippen LogP contribution in [0.3, 0.4) is 0 Å². The molecule has 0 saturated heterocycles. The van der Waals surface area contributed by atoms with Gasteiger partial charge in [0.2, 0.25) is 0 Å². The van der Waals surface area contributed by atoms with E-state index in [1.165, 1.54) is 0 Å². The van der Waals surface area contributed by atoms with Crippen LogP contribution in [-0.4, -0.2) is 5.78 Å². The van der Waals surface area contributed by atoms with E-state index in [-0.39, 0.29) is 5.78 Å². The number of hydrogen-bond donors (Lipinski definition) is 0. The Balaban J connectivity index is 2.59. The predicted molar refractivity (Wildman–Crippen MR) is 46.6 cm³/mol. The summed E-state index contributed by atoms with van der Waals surface area (Å²) in [6.45, 7) is 1.59. The first-order valence-corrected chi connectivity index (χ1v) is 4.11. The highest BCUT2D eigenvalue weighted by Crippen LogP contribution is 2.21. The minimum absolute atomic E-state index is 0.193. The quantitative estimate of drug-likeness (QED) is 0.623. The highest BCUT2D eigenvalue weighted by atomic mass is 35.5. The summed E-state index contributed by atoms with van der Waals surface area (Å²) in [6.07, 6.45) is 6.39.